The molecular formula is C27H39NO. The van der Waals surface area contributed by atoms with Crippen LogP contribution in [0.3, 0.4) is 0 Å². The molecule has 3 aliphatic rings. The minimum Gasteiger partial charge on any atom is -0.393 e. The second kappa shape index (κ2) is 6.36. The minimum absolute atomic E-state index is 0.112. The van der Waals surface area contributed by atoms with Crippen molar-refractivity contribution in [3.63, 3.8) is 0 Å². The maximum atomic E-state index is 10.7. The van der Waals surface area contributed by atoms with Crippen LogP contribution in [-0.2, 0) is 5.41 Å². The average molecular weight is 394 g/mol. The predicted octanol–water partition coefficient (Wildman–Crippen LogP) is 6.69. The van der Waals surface area contributed by atoms with Crippen LogP contribution in [0.1, 0.15) is 78.7 Å². The molecule has 8 atom stereocenters. The van der Waals surface area contributed by atoms with E-state index < -0.39 is 0 Å². The maximum absolute atomic E-state index is 10.7. The van der Waals surface area contributed by atoms with E-state index in [1.807, 2.05) is 0 Å². The van der Waals surface area contributed by atoms with Crippen LogP contribution in [-0.4, -0.2) is 16.2 Å². The Balaban J connectivity index is 1.63. The molecule has 0 unspecified atom stereocenters. The van der Waals surface area contributed by atoms with Crippen molar-refractivity contribution in [3.05, 3.63) is 36.0 Å². The average Bonchev–Trinajstić information content (AvgIpc) is 3.13. The van der Waals surface area contributed by atoms with Crippen LogP contribution in [0.15, 0.2) is 30.5 Å². The summed E-state index contributed by atoms with van der Waals surface area (Å²) in [5, 5.41) is 12.1. The standard InChI is InChI=1S/C27H39NO/c1-17-12-14-26(4)23-11-10-22(29)18(2)25(23,3)15-13-24(26)27(17,5)20-16-28-21-9-7-6-8-19(20)21/h6-9,16-18,22-24,28-29H,10-15H2,1-5H3/t17-,18+,22+,23-,24+,25-,26+,27-/m1/s1. The molecule has 2 aromatic rings. The van der Waals surface area contributed by atoms with E-state index in [0.717, 1.165) is 12.3 Å². The highest BCUT2D eigenvalue weighted by Gasteiger charge is 2.63. The lowest BCUT2D eigenvalue weighted by atomic mass is 9.37. The van der Waals surface area contributed by atoms with E-state index in [2.05, 4.69) is 70.1 Å². The van der Waals surface area contributed by atoms with E-state index in [1.165, 1.54) is 43.0 Å². The van der Waals surface area contributed by atoms with E-state index in [1.54, 1.807) is 5.56 Å². The summed E-state index contributed by atoms with van der Waals surface area (Å²) in [6.45, 7) is 12.5. The molecule has 1 aromatic carbocycles. The van der Waals surface area contributed by atoms with Gasteiger partial charge in [-0.25, -0.2) is 0 Å². The Morgan fingerprint density at radius 3 is 2.41 bits per heavy atom. The summed E-state index contributed by atoms with van der Waals surface area (Å²) in [5.74, 6) is 2.54. The van der Waals surface area contributed by atoms with Crippen molar-refractivity contribution in [2.24, 2.45) is 34.5 Å². The molecule has 5 rings (SSSR count). The van der Waals surface area contributed by atoms with Gasteiger partial charge in [-0.2, -0.15) is 0 Å². The van der Waals surface area contributed by atoms with Crippen LogP contribution in [0.2, 0.25) is 0 Å². The number of nitrogens with one attached hydrogen (secondary N) is 1. The molecule has 0 amide bonds. The van der Waals surface area contributed by atoms with Gasteiger partial charge in [0.05, 0.1) is 6.10 Å². The van der Waals surface area contributed by atoms with E-state index in [0.29, 0.717) is 23.2 Å². The summed E-state index contributed by atoms with van der Waals surface area (Å²) in [4.78, 5) is 3.58. The van der Waals surface area contributed by atoms with Gasteiger partial charge in [-0.3, -0.25) is 0 Å². The number of para-hydroxylation sites is 1. The Morgan fingerprint density at radius 2 is 1.62 bits per heavy atom. The Labute approximate surface area is 176 Å². The van der Waals surface area contributed by atoms with Crippen molar-refractivity contribution >= 4 is 10.9 Å². The zero-order chi connectivity index (χ0) is 20.6. The molecule has 29 heavy (non-hydrogen) atoms. The normalized spacial score (nSPS) is 47.6. The first-order valence-electron chi connectivity index (χ1n) is 12.0. The fourth-order valence-corrected chi connectivity index (χ4v) is 8.66. The molecule has 2 nitrogen and oxygen atoms in total. The number of aliphatic hydroxyl groups is 1. The second-order valence-corrected chi connectivity index (χ2v) is 11.6. The molecular weight excluding hydrogens is 354 g/mol. The molecule has 3 fully saturated rings. The molecule has 1 aromatic heterocycles. The summed E-state index contributed by atoms with van der Waals surface area (Å²) >= 11 is 0. The van der Waals surface area contributed by atoms with E-state index in [4.69, 9.17) is 0 Å². The zero-order valence-corrected chi connectivity index (χ0v) is 19.0. The van der Waals surface area contributed by atoms with Crippen LogP contribution in [0, 0.1) is 34.5 Å². The lowest BCUT2D eigenvalue weighted by Crippen LogP contribution is -2.62. The first kappa shape index (κ1) is 19.7. The maximum Gasteiger partial charge on any atom is 0.0571 e. The van der Waals surface area contributed by atoms with Crippen molar-refractivity contribution in [2.45, 2.75) is 84.7 Å². The Hall–Kier alpha value is -1.28. The van der Waals surface area contributed by atoms with Gasteiger partial charge in [-0.1, -0.05) is 52.8 Å². The highest BCUT2D eigenvalue weighted by Crippen LogP contribution is 2.69. The molecule has 0 spiro atoms. The van der Waals surface area contributed by atoms with Crippen molar-refractivity contribution in [3.8, 4) is 0 Å². The highest BCUT2D eigenvalue weighted by atomic mass is 16.3. The van der Waals surface area contributed by atoms with Crippen LogP contribution >= 0.6 is 0 Å². The minimum atomic E-state index is -0.112. The van der Waals surface area contributed by atoms with Gasteiger partial charge >= 0.3 is 0 Å². The Kier molecular flexibility index (Phi) is 4.31. The van der Waals surface area contributed by atoms with Crippen LogP contribution in [0.25, 0.3) is 10.9 Å². The van der Waals surface area contributed by atoms with E-state index in [-0.39, 0.29) is 16.9 Å². The van der Waals surface area contributed by atoms with Gasteiger partial charge in [-0.05, 0) is 84.7 Å². The molecule has 2 N–H and O–H groups in total. The molecule has 0 radical (unpaired) electrons. The lowest BCUT2D eigenvalue weighted by molar-refractivity contribution is -0.179. The van der Waals surface area contributed by atoms with E-state index in [9.17, 15) is 5.11 Å². The van der Waals surface area contributed by atoms with Crippen molar-refractivity contribution in [1.29, 1.82) is 0 Å². The first-order valence-corrected chi connectivity index (χ1v) is 12.0. The van der Waals surface area contributed by atoms with Crippen molar-refractivity contribution in [1.82, 2.24) is 4.98 Å². The first-order chi connectivity index (χ1) is 13.7. The number of rotatable bonds is 1. The number of hydrogen-bond donors (Lipinski definition) is 2. The number of hydrogen-bond acceptors (Lipinski definition) is 1. The van der Waals surface area contributed by atoms with Gasteiger partial charge in [0, 0.05) is 22.5 Å². The molecule has 3 aliphatic carbocycles. The number of benzene rings is 1. The number of aromatic amines is 1. The molecule has 0 bridgehead atoms. The number of fused-ring (bicyclic) bond motifs is 4. The van der Waals surface area contributed by atoms with Crippen LogP contribution in [0.4, 0.5) is 0 Å². The Morgan fingerprint density at radius 1 is 0.897 bits per heavy atom. The number of aromatic nitrogens is 1. The lowest BCUT2D eigenvalue weighted by Gasteiger charge is -2.67. The molecule has 158 valence electrons. The van der Waals surface area contributed by atoms with Gasteiger partial charge in [-0.15, -0.1) is 0 Å². The number of H-pyrrole nitrogens is 1. The van der Waals surface area contributed by atoms with Crippen molar-refractivity contribution in [2.75, 3.05) is 0 Å². The molecule has 2 heteroatoms. The van der Waals surface area contributed by atoms with Gasteiger partial charge in [0.25, 0.3) is 0 Å². The largest absolute Gasteiger partial charge is 0.393 e. The molecule has 0 saturated heterocycles. The summed E-state index contributed by atoms with van der Waals surface area (Å²) < 4.78 is 0. The molecule has 3 saturated carbocycles. The third kappa shape index (κ3) is 2.44. The van der Waals surface area contributed by atoms with Gasteiger partial charge in [0.15, 0.2) is 0 Å². The van der Waals surface area contributed by atoms with Gasteiger partial charge in [0.2, 0.25) is 0 Å². The van der Waals surface area contributed by atoms with Crippen LogP contribution < -0.4 is 0 Å². The summed E-state index contributed by atoms with van der Waals surface area (Å²) in [5.41, 5.74) is 3.67. The Bertz CT molecular complexity index is 916. The van der Waals surface area contributed by atoms with Gasteiger partial charge in [0.1, 0.15) is 0 Å². The quantitative estimate of drug-likeness (QED) is 0.556. The topological polar surface area (TPSA) is 36.0 Å². The van der Waals surface area contributed by atoms with Gasteiger partial charge < -0.3 is 10.1 Å². The molecule has 0 aliphatic heterocycles. The summed E-state index contributed by atoms with van der Waals surface area (Å²) in [6, 6.07) is 8.87. The summed E-state index contributed by atoms with van der Waals surface area (Å²) in [7, 11) is 0. The monoisotopic (exact) mass is 393 g/mol. The second-order valence-electron chi connectivity index (χ2n) is 11.6. The fourth-order valence-electron chi connectivity index (χ4n) is 8.66. The molecule has 1 heterocycles. The fraction of sp³-hybridized carbons (Fsp3) is 0.704. The van der Waals surface area contributed by atoms with Crippen LogP contribution in [0.5, 0.6) is 0 Å². The van der Waals surface area contributed by atoms with E-state index >= 15 is 0 Å². The zero-order valence-electron chi connectivity index (χ0n) is 19.0. The SMILES string of the molecule is C[C@@H]1CC[C@@]2(C)[C@@H]3CC[C@H](O)[C@H](C)[C@@]3(C)CC[C@@H]2[C@@]1(C)c1c[nH]c2ccccc12. The van der Waals surface area contributed by atoms with Crippen molar-refractivity contribution < 1.29 is 5.11 Å². The summed E-state index contributed by atoms with van der Waals surface area (Å²) in [6.07, 6.45) is 9.62. The highest BCUT2D eigenvalue weighted by molar-refractivity contribution is 5.84. The predicted molar refractivity (Wildman–Crippen MR) is 121 cm³/mol. The third-order valence-electron chi connectivity index (χ3n) is 10.8. The third-order valence-corrected chi connectivity index (χ3v) is 10.8. The number of aliphatic hydroxyl groups excluding tert-OH is 1. The smallest absolute Gasteiger partial charge is 0.0571 e.